The first-order valence-electron chi connectivity index (χ1n) is 18.0. The van der Waals surface area contributed by atoms with Crippen LogP contribution >= 0.6 is 0 Å². The van der Waals surface area contributed by atoms with Crippen LogP contribution in [0.5, 0.6) is 0 Å². The van der Waals surface area contributed by atoms with E-state index in [9.17, 15) is 19.2 Å². The second-order valence-corrected chi connectivity index (χ2v) is 30.1. The Balaban J connectivity index is 2.06. The van der Waals surface area contributed by atoms with Gasteiger partial charge in [-0.3, -0.25) is 0 Å². The van der Waals surface area contributed by atoms with E-state index in [-0.39, 0.29) is 26.3 Å². The van der Waals surface area contributed by atoms with Gasteiger partial charge in [-0.15, -0.1) is 0 Å². The fraction of sp³-hybridized carbons (Fsp3) is 0.600. The minimum Gasteiger partial charge on any atom is -0.445 e. The van der Waals surface area contributed by atoms with Crippen molar-refractivity contribution in [3.8, 4) is 0 Å². The Bertz CT molecular complexity index is 1270. The highest BCUT2D eigenvalue weighted by Gasteiger charge is 2.35. The third-order valence-electron chi connectivity index (χ3n) is 8.31. The molecule has 288 valence electrons. The first kappa shape index (κ1) is 44.8. The number of ether oxygens (including phenoxy) is 2. The van der Waals surface area contributed by atoms with E-state index in [2.05, 4.69) is 18.4 Å². The van der Waals surface area contributed by atoms with Gasteiger partial charge in [0.1, 0.15) is 13.2 Å². The summed E-state index contributed by atoms with van der Waals surface area (Å²) in [5.74, 6) is 0. The summed E-state index contributed by atoms with van der Waals surface area (Å²) in [5, 5.41) is 2.74. The average molecular weight is 782 g/mol. The van der Waals surface area contributed by atoms with Gasteiger partial charge in [0.05, 0.1) is 6.23 Å². The van der Waals surface area contributed by atoms with Crippen LogP contribution in [0.15, 0.2) is 60.7 Å². The Kier molecular flexibility index (Phi) is 19.9. The molecular formula is C35H63N3O9Si4. The van der Waals surface area contributed by atoms with Crippen molar-refractivity contribution < 1.29 is 41.9 Å². The van der Waals surface area contributed by atoms with Gasteiger partial charge in [-0.05, 0) is 94.0 Å². The van der Waals surface area contributed by atoms with E-state index in [1.165, 1.54) is 0 Å². The largest absolute Gasteiger partial charge is 0.445 e. The maximum Gasteiger partial charge on any atom is 0.410 e. The van der Waals surface area contributed by atoms with E-state index in [1.807, 2.05) is 73.8 Å². The van der Waals surface area contributed by atoms with E-state index >= 15 is 0 Å². The summed E-state index contributed by atoms with van der Waals surface area (Å²) >= 11 is 0. The molecule has 0 radical (unpaired) electrons. The first-order chi connectivity index (χ1) is 24.0. The van der Waals surface area contributed by atoms with Crippen LogP contribution in [0.4, 0.5) is 9.59 Å². The lowest BCUT2D eigenvalue weighted by Gasteiger charge is -2.33. The number of nitrogens with zero attached hydrogens (tertiary/aromatic N) is 1. The van der Waals surface area contributed by atoms with Crippen molar-refractivity contribution in [3.63, 3.8) is 0 Å². The number of hydrogen-bond acceptors (Lipinski definition) is 10. The molecule has 0 saturated carbocycles. The van der Waals surface area contributed by atoms with Crippen molar-refractivity contribution in [2.75, 3.05) is 45.6 Å². The highest BCUT2D eigenvalue weighted by atomic mass is 28.4. The number of nitrogens with two attached hydrogens (primary N) is 1. The van der Waals surface area contributed by atoms with Crippen LogP contribution < -0.4 is 11.1 Å². The number of amides is 2. The quantitative estimate of drug-likeness (QED) is 0.0891. The molecule has 0 saturated heterocycles. The highest BCUT2D eigenvalue weighted by molar-refractivity contribution is 6.75. The second-order valence-electron chi connectivity index (χ2n) is 14.7. The lowest BCUT2D eigenvalue weighted by atomic mass is 10.2. The Morgan fingerprint density at radius 3 is 1.78 bits per heavy atom. The van der Waals surface area contributed by atoms with Crippen LogP contribution in [0.2, 0.25) is 63.5 Å². The van der Waals surface area contributed by atoms with E-state index in [1.54, 1.807) is 18.0 Å². The Hall–Kier alpha value is -2.39. The van der Waals surface area contributed by atoms with E-state index in [0.29, 0.717) is 45.0 Å². The van der Waals surface area contributed by atoms with Crippen LogP contribution in [-0.4, -0.2) is 106 Å². The average Bonchev–Trinajstić information content (AvgIpc) is 3.07. The number of carbonyl (C=O) groups is 2. The smallest absolute Gasteiger partial charge is 0.410 e. The normalized spacial score (nSPS) is 14.3. The molecule has 2 unspecified atom stereocenters. The molecule has 12 nitrogen and oxygen atoms in total. The van der Waals surface area contributed by atoms with Crippen LogP contribution in [-0.2, 0) is 36.0 Å². The summed E-state index contributed by atoms with van der Waals surface area (Å²) in [7, 11) is -9.65. The molecule has 0 spiro atoms. The van der Waals surface area contributed by atoms with Crippen molar-refractivity contribution in [2.45, 2.75) is 89.5 Å². The molecule has 51 heavy (non-hydrogen) atoms. The van der Waals surface area contributed by atoms with Crippen LogP contribution in [0.25, 0.3) is 0 Å². The molecule has 16 heteroatoms. The molecule has 0 aliphatic carbocycles. The molecule has 2 aromatic rings. The number of carbonyl (C=O) groups excluding carboxylic acids is 2. The van der Waals surface area contributed by atoms with Crippen molar-refractivity contribution in [1.29, 1.82) is 0 Å². The number of rotatable bonds is 25. The van der Waals surface area contributed by atoms with Crippen molar-refractivity contribution in [2.24, 2.45) is 5.73 Å². The zero-order chi connectivity index (χ0) is 37.8. The Morgan fingerprint density at radius 2 is 1.24 bits per heavy atom. The molecule has 0 aliphatic heterocycles. The topological polar surface area (TPSA) is 162 Å². The summed E-state index contributed by atoms with van der Waals surface area (Å²) in [6.45, 7) is 14.3. The molecule has 2 atom stereocenters. The Morgan fingerprint density at radius 1 is 0.706 bits per heavy atom. The van der Waals surface area contributed by atoms with Crippen LogP contribution in [0, 0.1) is 0 Å². The molecular weight excluding hydrogens is 719 g/mol. The van der Waals surface area contributed by atoms with Gasteiger partial charge >= 0.3 is 20.7 Å². The fourth-order valence-electron chi connectivity index (χ4n) is 5.21. The lowest BCUT2D eigenvalue weighted by molar-refractivity contribution is 0.0949. The van der Waals surface area contributed by atoms with Gasteiger partial charge in [-0.2, -0.15) is 0 Å². The van der Waals surface area contributed by atoms with Gasteiger partial charge in [-0.25, -0.2) is 9.59 Å². The molecule has 0 bridgehead atoms. The summed E-state index contributed by atoms with van der Waals surface area (Å²) in [5.41, 5.74) is 7.61. The van der Waals surface area contributed by atoms with Crippen LogP contribution in [0.1, 0.15) is 24.0 Å². The van der Waals surface area contributed by atoms with Gasteiger partial charge in [-0.1, -0.05) is 60.7 Å². The Labute approximate surface area is 309 Å². The number of nitrogens with one attached hydrogen (secondary N) is 1. The highest BCUT2D eigenvalue weighted by Crippen LogP contribution is 2.25. The molecule has 0 heterocycles. The summed E-state index contributed by atoms with van der Waals surface area (Å²) in [4.78, 5) is 48.1. The monoisotopic (exact) mass is 781 g/mol. The fourth-order valence-corrected chi connectivity index (χ4v) is 13.6. The van der Waals surface area contributed by atoms with E-state index < -0.39 is 45.7 Å². The molecule has 2 amide bonds. The predicted octanol–water partition coefficient (Wildman–Crippen LogP) is 5.92. The van der Waals surface area contributed by atoms with Crippen molar-refractivity contribution in [3.05, 3.63) is 71.8 Å². The minimum absolute atomic E-state index is 0.140. The molecule has 0 fully saturated rings. The van der Waals surface area contributed by atoms with Crippen LogP contribution in [0.3, 0.4) is 0 Å². The summed E-state index contributed by atoms with van der Waals surface area (Å²) in [6.07, 6.45) is 0.897. The van der Waals surface area contributed by atoms with E-state index in [4.69, 9.17) is 28.5 Å². The molecule has 0 aliphatic rings. The third kappa shape index (κ3) is 21.0. The minimum atomic E-state index is -2.71. The lowest BCUT2D eigenvalue weighted by Crippen LogP contribution is -2.45. The number of alkyl carbamates (subject to hydrolysis) is 1. The summed E-state index contributed by atoms with van der Waals surface area (Å²) in [6, 6.07) is 22.0. The zero-order valence-corrected chi connectivity index (χ0v) is 35.7. The molecule has 2 rings (SSSR count). The van der Waals surface area contributed by atoms with Gasteiger partial charge in [0.25, 0.3) is 0 Å². The SMILES string of the molecule is C[Si](C)(O)CO[Si](C)(CCCN)CCO[Si](C)(CCCN(CCNC(=O)OCc1ccccc1)C(=O)OCc1ccccc1)CCO[Si](C)(C)O. The van der Waals surface area contributed by atoms with Gasteiger partial charge in [0.15, 0.2) is 16.6 Å². The zero-order valence-electron chi connectivity index (χ0n) is 31.7. The third-order valence-corrected chi connectivity index (χ3v) is 17.5. The van der Waals surface area contributed by atoms with Crippen molar-refractivity contribution in [1.82, 2.24) is 10.2 Å². The maximum absolute atomic E-state index is 13.3. The number of benzene rings is 2. The predicted molar refractivity (Wildman–Crippen MR) is 211 cm³/mol. The first-order valence-corrected chi connectivity index (χ1v) is 29.6. The molecule has 5 N–H and O–H groups in total. The van der Waals surface area contributed by atoms with E-state index in [0.717, 1.165) is 35.7 Å². The van der Waals surface area contributed by atoms with Gasteiger partial charge in [0, 0.05) is 32.8 Å². The van der Waals surface area contributed by atoms with Gasteiger partial charge < -0.3 is 48.3 Å². The molecule has 0 aromatic heterocycles. The van der Waals surface area contributed by atoms with Gasteiger partial charge in [0.2, 0.25) is 8.32 Å². The number of hydrogen-bond donors (Lipinski definition) is 4. The molecule has 2 aromatic carbocycles. The van der Waals surface area contributed by atoms with Crippen molar-refractivity contribution >= 4 is 45.7 Å². The maximum atomic E-state index is 13.3. The summed E-state index contributed by atoms with van der Waals surface area (Å²) < 4.78 is 30.0. The second kappa shape index (κ2) is 22.6. The standard InChI is InChI=1S/C35H63N3O9Si4/c1-48(2,41)31-47-51(6,25-13-19-36)28-24-46-50(5,27-23-45-49(3,4)42)26-14-21-38(35(40)44-30-33-17-11-8-12-18-33)22-20-37-34(39)43-29-32-15-9-7-10-16-32/h7-12,15-18,41-42H,13-14,19-31,36H2,1-6H3,(H,37,39).